The molecule has 2 N–H and O–H groups in total. The van der Waals surface area contributed by atoms with Gasteiger partial charge in [0.25, 0.3) is 5.91 Å². The number of amides is 1. The molecule has 2 heterocycles. The first kappa shape index (κ1) is 12.2. The molecule has 17 heavy (non-hydrogen) atoms. The van der Waals surface area contributed by atoms with Gasteiger partial charge in [-0.1, -0.05) is 13.8 Å². The number of hydrogen-bond donors (Lipinski definition) is 1. The van der Waals surface area contributed by atoms with Gasteiger partial charge in [0, 0.05) is 19.1 Å². The van der Waals surface area contributed by atoms with Crippen molar-refractivity contribution in [3.05, 3.63) is 23.7 Å². The molecule has 0 bridgehead atoms. The Labute approximate surface area is 102 Å². The predicted octanol–water partition coefficient (Wildman–Crippen LogP) is 1.79. The fourth-order valence-corrected chi connectivity index (χ4v) is 2.07. The first-order valence-electron chi connectivity index (χ1n) is 6.01. The van der Waals surface area contributed by atoms with E-state index in [4.69, 9.17) is 10.2 Å². The number of nitrogens with zero attached hydrogens (tertiary/aromatic N) is 1. The van der Waals surface area contributed by atoms with Gasteiger partial charge in [-0.05, 0) is 30.9 Å². The lowest BCUT2D eigenvalue weighted by molar-refractivity contribution is 0.0544. The molecule has 2 rings (SSSR count). The summed E-state index contributed by atoms with van der Waals surface area (Å²) in [6.45, 7) is 7.49. The van der Waals surface area contributed by atoms with E-state index in [0.29, 0.717) is 12.3 Å². The average Bonchev–Trinajstić information content (AvgIpc) is 2.68. The van der Waals surface area contributed by atoms with Crippen LogP contribution in [-0.2, 0) is 0 Å². The molecule has 1 atom stereocenters. The van der Waals surface area contributed by atoms with Crippen LogP contribution in [0.4, 0.5) is 0 Å². The third kappa shape index (κ3) is 2.36. The van der Waals surface area contributed by atoms with Gasteiger partial charge in [0.15, 0.2) is 5.76 Å². The molecule has 1 aromatic rings. The average molecular weight is 236 g/mol. The molecule has 1 unspecified atom stereocenters. The second-order valence-electron chi connectivity index (χ2n) is 5.51. The van der Waals surface area contributed by atoms with Crippen molar-refractivity contribution in [2.24, 2.45) is 11.1 Å². The van der Waals surface area contributed by atoms with E-state index >= 15 is 0 Å². The summed E-state index contributed by atoms with van der Waals surface area (Å²) < 4.78 is 5.35. The Bertz CT molecular complexity index is 423. The fraction of sp³-hybridized carbons (Fsp3) is 0.615. The summed E-state index contributed by atoms with van der Waals surface area (Å²) in [7, 11) is 0. The molecule has 4 nitrogen and oxygen atoms in total. The third-order valence-corrected chi connectivity index (χ3v) is 3.69. The SMILES string of the molecule is Cc1ccc(C(=O)N2CCC(C)(C)C(N)C2)o1. The van der Waals surface area contributed by atoms with Crippen LogP contribution in [0.5, 0.6) is 0 Å². The summed E-state index contributed by atoms with van der Waals surface area (Å²) >= 11 is 0. The van der Waals surface area contributed by atoms with Gasteiger partial charge in [0.1, 0.15) is 5.76 Å². The maximum atomic E-state index is 12.1. The summed E-state index contributed by atoms with van der Waals surface area (Å²) in [6, 6.07) is 3.56. The molecule has 4 heteroatoms. The molecule has 1 aliphatic heterocycles. The number of aryl methyl sites for hydroxylation is 1. The predicted molar refractivity (Wildman–Crippen MR) is 65.7 cm³/mol. The normalized spacial score (nSPS) is 23.8. The first-order chi connectivity index (χ1) is 7.90. The molecule has 1 amide bonds. The Morgan fingerprint density at radius 2 is 2.24 bits per heavy atom. The summed E-state index contributed by atoms with van der Waals surface area (Å²) in [5.74, 6) is 1.12. The molecule has 0 spiro atoms. The zero-order chi connectivity index (χ0) is 12.6. The number of piperidine rings is 1. The van der Waals surface area contributed by atoms with E-state index in [1.54, 1.807) is 17.0 Å². The van der Waals surface area contributed by atoms with Gasteiger partial charge >= 0.3 is 0 Å². The van der Waals surface area contributed by atoms with Gasteiger partial charge in [0.05, 0.1) is 0 Å². The number of carbonyl (C=O) groups excluding carboxylic acids is 1. The lowest BCUT2D eigenvalue weighted by Gasteiger charge is -2.41. The van der Waals surface area contributed by atoms with Crippen molar-refractivity contribution in [3.63, 3.8) is 0 Å². The van der Waals surface area contributed by atoms with Crippen LogP contribution < -0.4 is 5.73 Å². The highest BCUT2D eigenvalue weighted by Gasteiger charge is 2.35. The zero-order valence-electron chi connectivity index (χ0n) is 10.7. The highest BCUT2D eigenvalue weighted by atomic mass is 16.3. The minimum absolute atomic E-state index is 0.0243. The van der Waals surface area contributed by atoms with Crippen LogP contribution in [0.2, 0.25) is 0 Å². The van der Waals surface area contributed by atoms with Gasteiger partial charge < -0.3 is 15.1 Å². The van der Waals surface area contributed by atoms with Crippen molar-refractivity contribution in [1.82, 2.24) is 4.90 Å². The van der Waals surface area contributed by atoms with Crippen molar-refractivity contribution in [3.8, 4) is 0 Å². The van der Waals surface area contributed by atoms with Crippen LogP contribution in [0.1, 0.15) is 36.6 Å². The topological polar surface area (TPSA) is 59.5 Å². The van der Waals surface area contributed by atoms with Gasteiger partial charge in [-0.15, -0.1) is 0 Å². The largest absolute Gasteiger partial charge is 0.456 e. The van der Waals surface area contributed by atoms with Gasteiger partial charge in [-0.2, -0.15) is 0 Å². The number of nitrogens with two attached hydrogens (primary N) is 1. The Hall–Kier alpha value is -1.29. The Morgan fingerprint density at radius 1 is 1.53 bits per heavy atom. The molecule has 0 aromatic carbocycles. The Balaban J connectivity index is 2.08. The van der Waals surface area contributed by atoms with Crippen molar-refractivity contribution >= 4 is 5.91 Å². The smallest absolute Gasteiger partial charge is 0.289 e. The number of carbonyl (C=O) groups is 1. The molecule has 0 aliphatic carbocycles. The molecule has 0 radical (unpaired) electrons. The minimum Gasteiger partial charge on any atom is -0.456 e. The summed E-state index contributed by atoms with van der Waals surface area (Å²) in [4.78, 5) is 13.9. The van der Waals surface area contributed by atoms with Crippen molar-refractivity contribution in [1.29, 1.82) is 0 Å². The molecule has 1 aromatic heterocycles. The van der Waals surface area contributed by atoms with Crippen molar-refractivity contribution in [2.75, 3.05) is 13.1 Å². The van der Waals surface area contributed by atoms with Crippen molar-refractivity contribution in [2.45, 2.75) is 33.2 Å². The number of hydrogen-bond acceptors (Lipinski definition) is 3. The van der Waals surface area contributed by atoms with Crippen LogP contribution in [-0.4, -0.2) is 29.9 Å². The minimum atomic E-state index is -0.0518. The zero-order valence-corrected chi connectivity index (χ0v) is 10.7. The van der Waals surface area contributed by atoms with Gasteiger partial charge in [-0.25, -0.2) is 0 Å². The van der Waals surface area contributed by atoms with E-state index in [9.17, 15) is 4.79 Å². The monoisotopic (exact) mass is 236 g/mol. The fourth-order valence-electron chi connectivity index (χ4n) is 2.07. The quantitative estimate of drug-likeness (QED) is 0.808. The maximum Gasteiger partial charge on any atom is 0.289 e. The second-order valence-corrected chi connectivity index (χ2v) is 5.51. The molecule has 1 saturated heterocycles. The molecular weight excluding hydrogens is 216 g/mol. The highest BCUT2D eigenvalue weighted by Crippen LogP contribution is 2.29. The molecule has 1 aliphatic rings. The lowest BCUT2D eigenvalue weighted by atomic mass is 9.78. The number of likely N-dealkylation sites (tertiary alicyclic amines) is 1. The van der Waals surface area contributed by atoms with E-state index in [2.05, 4.69) is 13.8 Å². The summed E-state index contributed by atoms with van der Waals surface area (Å²) in [5, 5.41) is 0. The van der Waals surface area contributed by atoms with Crippen LogP contribution in [0.25, 0.3) is 0 Å². The van der Waals surface area contributed by atoms with E-state index in [0.717, 1.165) is 18.7 Å². The Kier molecular flexibility index (Phi) is 3.00. The standard InChI is InChI=1S/C13H20N2O2/c1-9-4-5-10(17-9)12(16)15-7-6-13(2,3)11(14)8-15/h4-5,11H,6-8,14H2,1-3H3. The number of furan rings is 1. The summed E-state index contributed by atoms with van der Waals surface area (Å²) in [6.07, 6.45) is 0.930. The molecular formula is C13H20N2O2. The van der Waals surface area contributed by atoms with E-state index in [-0.39, 0.29) is 17.4 Å². The van der Waals surface area contributed by atoms with E-state index in [1.807, 2.05) is 6.92 Å². The van der Waals surface area contributed by atoms with Crippen LogP contribution in [0, 0.1) is 12.3 Å². The summed E-state index contributed by atoms with van der Waals surface area (Å²) in [5.41, 5.74) is 6.21. The molecule has 1 fully saturated rings. The second kappa shape index (κ2) is 4.18. The van der Waals surface area contributed by atoms with E-state index < -0.39 is 0 Å². The number of rotatable bonds is 1. The van der Waals surface area contributed by atoms with E-state index in [1.165, 1.54) is 0 Å². The van der Waals surface area contributed by atoms with Crippen LogP contribution in [0.3, 0.4) is 0 Å². The molecule has 94 valence electrons. The highest BCUT2D eigenvalue weighted by molar-refractivity contribution is 5.91. The van der Waals surface area contributed by atoms with Gasteiger partial charge in [0.2, 0.25) is 0 Å². The van der Waals surface area contributed by atoms with Gasteiger partial charge in [-0.3, -0.25) is 4.79 Å². The third-order valence-electron chi connectivity index (χ3n) is 3.69. The first-order valence-corrected chi connectivity index (χ1v) is 6.01. The molecule has 0 saturated carbocycles. The van der Waals surface area contributed by atoms with Crippen molar-refractivity contribution < 1.29 is 9.21 Å². The van der Waals surface area contributed by atoms with Crippen LogP contribution >= 0.6 is 0 Å². The maximum absolute atomic E-state index is 12.1. The lowest BCUT2D eigenvalue weighted by Crippen LogP contribution is -2.54. The van der Waals surface area contributed by atoms with Crippen LogP contribution in [0.15, 0.2) is 16.5 Å². The Morgan fingerprint density at radius 3 is 2.76 bits per heavy atom.